The number of hydrogen-bond acceptors (Lipinski definition) is 4. The Morgan fingerprint density at radius 1 is 1.03 bits per heavy atom. The van der Waals surface area contributed by atoms with Crippen molar-refractivity contribution >= 4 is 18.0 Å². The van der Waals surface area contributed by atoms with E-state index in [4.69, 9.17) is 9.84 Å². The molecule has 0 aromatic heterocycles. The van der Waals surface area contributed by atoms with Gasteiger partial charge in [0.15, 0.2) is 0 Å². The molecule has 2 amide bonds. The summed E-state index contributed by atoms with van der Waals surface area (Å²) in [6.45, 7) is 2.30. The molecule has 3 unspecified atom stereocenters. The van der Waals surface area contributed by atoms with Crippen molar-refractivity contribution in [2.24, 2.45) is 11.8 Å². The van der Waals surface area contributed by atoms with Gasteiger partial charge in [0.2, 0.25) is 5.91 Å². The maximum absolute atomic E-state index is 12.6. The number of ether oxygens (including phenoxy) is 1. The standard InChI is InChI=1S/C26H30N2O5/c1-16(13-24(29)30)28-25(31)18-12-6-7-17(18)14-27-26(32)33-15-23-21-10-4-2-8-19(21)20-9-3-5-11-22(20)23/h2-5,8-11,16-18,23H,6-7,12-15H2,1H3,(H,27,32)(H,28,31)(H,29,30). The molecule has 2 aromatic carbocycles. The highest BCUT2D eigenvalue weighted by atomic mass is 16.5. The zero-order chi connectivity index (χ0) is 23.4. The van der Waals surface area contributed by atoms with Gasteiger partial charge >= 0.3 is 12.1 Å². The van der Waals surface area contributed by atoms with Crippen molar-refractivity contribution in [3.63, 3.8) is 0 Å². The molecule has 2 aromatic rings. The second-order valence-electron chi connectivity index (χ2n) is 9.01. The first-order valence-corrected chi connectivity index (χ1v) is 11.5. The molecule has 0 aliphatic heterocycles. The number of carboxylic acids is 1. The van der Waals surface area contributed by atoms with Gasteiger partial charge in [-0.3, -0.25) is 9.59 Å². The van der Waals surface area contributed by atoms with Crippen molar-refractivity contribution in [3.05, 3.63) is 59.7 Å². The Balaban J connectivity index is 1.29. The highest BCUT2D eigenvalue weighted by molar-refractivity contribution is 5.81. The Labute approximate surface area is 193 Å². The van der Waals surface area contributed by atoms with Crippen LogP contribution in [0.2, 0.25) is 0 Å². The van der Waals surface area contributed by atoms with E-state index < -0.39 is 18.1 Å². The fourth-order valence-corrected chi connectivity index (χ4v) is 5.15. The largest absolute Gasteiger partial charge is 0.481 e. The summed E-state index contributed by atoms with van der Waals surface area (Å²) >= 11 is 0. The van der Waals surface area contributed by atoms with Crippen molar-refractivity contribution in [2.45, 2.75) is 44.6 Å². The minimum atomic E-state index is -0.942. The lowest BCUT2D eigenvalue weighted by molar-refractivity contribution is -0.137. The van der Waals surface area contributed by atoms with Crippen LogP contribution in [0.3, 0.4) is 0 Å². The SMILES string of the molecule is CC(CC(=O)O)NC(=O)C1CCCC1CNC(=O)OCC1c2ccccc2-c2ccccc21. The van der Waals surface area contributed by atoms with E-state index in [2.05, 4.69) is 34.9 Å². The molecule has 33 heavy (non-hydrogen) atoms. The third-order valence-electron chi connectivity index (χ3n) is 6.72. The molecule has 0 heterocycles. The molecule has 0 spiro atoms. The molecule has 1 fully saturated rings. The Hall–Kier alpha value is -3.35. The van der Waals surface area contributed by atoms with Crippen molar-refractivity contribution in [2.75, 3.05) is 13.2 Å². The lowest BCUT2D eigenvalue weighted by Crippen LogP contribution is -2.42. The molecule has 2 aliphatic carbocycles. The molecular weight excluding hydrogens is 420 g/mol. The van der Waals surface area contributed by atoms with Gasteiger partial charge in [-0.15, -0.1) is 0 Å². The summed E-state index contributed by atoms with van der Waals surface area (Å²) < 4.78 is 5.59. The number of carboxylic acid groups (broad SMARTS) is 1. The van der Waals surface area contributed by atoms with Gasteiger partial charge in [-0.05, 0) is 47.9 Å². The van der Waals surface area contributed by atoms with E-state index in [9.17, 15) is 14.4 Å². The second kappa shape index (κ2) is 10.1. The van der Waals surface area contributed by atoms with Crippen LogP contribution >= 0.6 is 0 Å². The number of benzene rings is 2. The summed E-state index contributed by atoms with van der Waals surface area (Å²) in [4.78, 5) is 35.9. The van der Waals surface area contributed by atoms with E-state index in [1.807, 2.05) is 24.3 Å². The van der Waals surface area contributed by atoms with Gasteiger partial charge in [-0.1, -0.05) is 55.0 Å². The third-order valence-corrected chi connectivity index (χ3v) is 6.72. The smallest absolute Gasteiger partial charge is 0.407 e. The molecule has 3 atom stereocenters. The Bertz CT molecular complexity index is 991. The van der Waals surface area contributed by atoms with Crippen LogP contribution in [0.1, 0.15) is 49.7 Å². The average Bonchev–Trinajstić information content (AvgIpc) is 3.38. The molecule has 174 valence electrons. The Kier molecular flexibility index (Phi) is 6.96. The van der Waals surface area contributed by atoms with Gasteiger partial charge in [0.1, 0.15) is 6.61 Å². The summed E-state index contributed by atoms with van der Waals surface area (Å²) in [7, 11) is 0. The van der Waals surface area contributed by atoms with Crippen molar-refractivity contribution in [3.8, 4) is 11.1 Å². The van der Waals surface area contributed by atoms with Gasteiger partial charge in [-0.25, -0.2) is 4.79 Å². The van der Waals surface area contributed by atoms with E-state index in [1.54, 1.807) is 6.92 Å². The third kappa shape index (κ3) is 5.18. The Morgan fingerprint density at radius 2 is 1.67 bits per heavy atom. The van der Waals surface area contributed by atoms with Crippen LogP contribution in [-0.4, -0.2) is 42.3 Å². The number of rotatable bonds is 8. The maximum atomic E-state index is 12.6. The quantitative estimate of drug-likeness (QED) is 0.565. The highest BCUT2D eigenvalue weighted by Gasteiger charge is 2.34. The molecule has 7 nitrogen and oxygen atoms in total. The van der Waals surface area contributed by atoms with Crippen LogP contribution in [0.15, 0.2) is 48.5 Å². The molecule has 7 heteroatoms. The summed E-state index contributed by atoms with van der Waals surface area (Å²) in [6, 6.07) is 16.0. The monoisotopic (exact) mass is 450 g/mol. The fourth-order valence-electron chi connectivity index (χ4n) is 5.15. The van der Waals surface area contributed by atoms with Gasteiger partial charge in [0.25, 0.3) is 0 Å². The number of fused-ring (bicyclic) bond motifs is 3. The lowest BCUT2D eigenvalue weighted by Gasteiger charge is -2.22. The summed E-state index contributed by atoms with van der Waals surface area (Å²) in [5.41, 5.74) is 4.68. The van der Waals surface area contributed by atoms with Gasteiger partial charge in [-0.2, -0.15) is 0 Å². The van der Waals surface area contributed by atoms with E-state index in [-0.39, 0.29) is 36.7 Å². The van der Waals surface area contributed by atoms with Crippen molar-refractivity contribution in [1.82, 2.24) is 10.6 Å². The molecule has 0 saturated heterocycles. The zero-order valence-electron chi connectivity index (χ0n) is 18.8. The predicted molar refractivity (Wildman–Crippen MR) is 124 cm³/mol. The molecule has 0 radical (unpaired) electrons. The number of amides is 2. The predicted octanol–water partition coefficient (Wildman–Crippen LogP) is 3.92. The normalized spacial score (nSPS) is 19.9. The Morgan fingerprint density at radius 3 is 2.30 bits per heavy atom. The molecule has 1 saturated carbocycles. The van der Waals surface area contributed by atoms with E-state index in [0.29, 0.717) is 6.54 Å². The fraction of sp³-hybridized carbons (Fsp3) is 0.423. The van der Waals surface area contributed by atoms with E-state index in [0.717, 1.165) is 30.4 Å². The number of aliphatic carboxylic acids is 1. The maximum Gasteiger partial charge on any atom is 0.407 e. The van der Waals surface area contributed by atoms with Gasteiger partial charge < -0.3 is 20.5 Å². The minimum absolute atomic E-state index is 0.00359. The molecule has 3 N–H and O–H groups in total. The first-order valence-electron chi connectivity index (χ1n) is 11.5. The van der Waals surface area contributed by atoms with E-state index in [1.165, 1.54) is 11.1 Å². The summed E-state index contributed by atoms with van der Waals surface area (Å²) in [5.74, 6) is -1.29. The number of carbonyl (C=O) groups is 3. The topological polar surface area (TPSA) is 105 Å². The van der Waals surface area contributed by atoms with Crippen molar-refractivity contribution < 1.29 is 24.2 Å². The van der Waals surface area contributed by atoms with Crippen LogP contribution in [0, 0.1) is 11.8 Å². The van der Waals surface area contributed by atoms with Crippen molar-refractivity contribution in [1.29, 1.82) is 0 Å². The van der Waals surface area contributed by atoms with Crippen LogP contribution in [-0.2, 0) is 14.3 Å². The first kappa shape index (κ1) is 22.8. The highest BCUT2D eigenvalue weighted by Crippen LogP contribution is 2.44. The zero-order valence-corrected chi connectivity index (χ0v) is 18.8. The number of nitrogens with one attached hydrogen (secondary N) is 2. The number of hydrogen-bond donors (Lipinski definition) is 3. The minimum Gasteiger partial charge on any atom is -0.481 e. The van der Waals surface area contributed by atoms with Gasteiger partial charge in [0.05, 0.1) is 6.42 Å². The molecule has 4 rings (SSSR count). The molecule has 2 aliphatic rings. The summed E-state index contributed by atoms with van der Waals surface area (Å²) in [5, 5.41) is 14.5. The van der Waals surface area contributed by atoms with Crippen LogP contribution in [0.25, 0.3) is 11.1 Å². The van der Waals surface area contributed by atoms with Crippen LogP contribution < -0.4 is 10.6 Å². The molecule has 0 bridgehead atoms. The van der Waals surface area contributed by atoms with Gasteiger partial charge in [0, 0.05) is 24.4 Å². The lowest BCUT2D eigenvalue weighted by atomic mass is 9.94. The average molecular weight is 451 g/mol. The van der Waals surface area contributed by atoms with Crippen LogP contribution in [0.5, 0.6) is 0 Å². The van der Waals surface area contributed by atoms with E-state index >= 15 is 0 Å². The number of carbonyl (C=O) groups excluding carboxylic acids is 2. The second-order valence-corrected chi connectivity index (χ2v) is 9.01. The molecular formula is C26H30N2O5. The van der Waals surface area contributed by atoms with Crippen LogP contribution in [0.4, 0.5) is 4.79 Å². The number of alkyl carbamates (subject to hydrolysis) is 1. The summed E-state index contributed by atoms with van der Waals surface area (Å²) in [6.07, 6.45) is 1.89. The first-order chi connectivity index (χ1) is 15.9.